The summed E-state index contributed by atoms with van der Waals surface area (Å²) >= 11 is 0. The summed E-state index contributed by atoms with van der Waals surface area (Å²) in [7, 11) is 0. The van der Waals surface area contributed by atoms with Gasteiger partial charge in [0, 0.05) is 44.6 Å². The lowest BCUT2D eigenvalue weighted by Gasteiger charge is -2.36. The minimum Gasteiger partial charge on any atom is -0.368 e. The number of hydrogen-bond acceptors (Lipinski definition) is 5. The van der Waals surface area contributed by atoms with E-state index in [4.69, 9.17) is 0 Å². The quantitative estimate of drug-likeness (QED) is 0.868. The van der Waals surface area contributed by atoms with Crippen LogP contribution in [0.4, 0.5) is 11.6 Å². The summed E-state index contributed by atoms with van der Waals surface area (Å²) in [6.45, 7) is 9.74. The van der Waals surface area contributed by atoms with Gasteiger partial charge in [-0.1, -0.05) is 6.07 Å². The molecule has 0 spiro atoms. The number of anilines is 2. The Morgan fingerprint density at radius 3 is 2.46 bits per heavy atom. The Bertz CT molecular complexity index is 853. The molecule has 2 aromatic rings. The molecule has 7 heteroatoms. The number of carbonyl (C=O) groups excluding carboxylic acids is 1. The van der Waals surface area contributed by atoms with Crippen LogP contribution in [-0.2, 0) is 0 Å². The number of hydrogen-bond donors (Lipinski definition) is 2. The molecule has 7 nitrogen and oxygen atoms in total. The van der Waals surface area contributed by atoms with E-state index in [2.05, 4.69) is 52.2 Å². The van der Waals surface area contributed by atoms with E-state index >= 15 is 0 Å². The van der Waals surface area contributed by atoms with Gasteiger partial charge in [-0.2, -0.15) is 0 Å². The highest BCUT2D eigenvalue weighted by molar-refractivity contribution is 5.93. The molecule has 1 saturated heterocycles. The van der Waals surface area contributed by atoms with Crippen molar-refractivity contribution in [2.75, 3.05) is 42.5 Å². The zero-order chi connectivity index (χ0) is 18.7. The zero-order valence-electron chi connectivity index (χ0n) is 15.5. The van der Waals surface area contributed by atoms with Gasteiger partial charge in [-0.15, -0.1) is 0 Å². The topological polar surface area (TPSA) is 81.3 Å². The molecule has 3 rings (SSSR count). The number of aromatic nitrogens is 2. The molecular formula is C19H25N5O2. The molecule has 1 aliphatic heterocycles. The van der Waals surface area contributed by atoms with E-state index in [1.165, 1.54) is 23.0 Å². The Balaban J connectivity index is 1.68. The molecule has 2 heterocycles. The van der Waals surface area contributed by atoms with E-state index < -0.39 is 11.5 Å². The Morgan fingerprint density at radius 1 is 1.15 bits per heavy atom. The third-order valence-corrected chi connectivity index (χ3v) is 4.80. The van der Waals surface area contributed by atoms with Crippen LogP contribution in [0.25, 0.3) is 0 Å². The smallest absolute Gasteiger partial charge is 0.265 e. The summed E-state index contributed by atoms with van der Waals surface area (Å²) in [5, 5.41) is 2.61. The molecule has 26 heavy (non-hydrogen) atoms. The lowest BCUT2D eigenvalue weighted by Crippen LogP contribution is -2.47. The number of nitrogens with one attached hydrogen (secondary N) is 2. The van der Waals surface area contributed by atoms with Crippen LogP contribution in [-0.4, -0.2) is 48.6 Å². The van der Waals surface area contributed by atoms with Crippen molar-refractivity contribution in [1.29, 1.82) is 0 Å². The highest BCUT2D eigenvalue weighted by Crippen LogP contribution is 2.21. The van der Waals surface area contributed by atoms with Crippen LogP contribution in [0.15, 0.2) is 29.2 Å². The molecule has 0 unspecified atom stereocenters. The molecule has 1 fully saturated rings. The van der Waals surface area contributed by atoms with Crippen LogP contribution in [0.2, 0.25) is 0 Å². The third-order valence-electron chi connectivity index (χ3n) is 4.80. The summed E-state index contributed by atoms with van der Waals surface area (Å²) in [5.41, 5.74) is 3.45. The number of amides is 1. The Kier molecular flexibility index (Phi) is 5.25. The van der Waals surface area contributed by atoms with E-state index in [0.29, 0.717) is 12.5 Å². The maximum Gasteiger partial charge on any atom is 0.265 e. The van der Waals surface area contributed by atoms with Gasteiger partial charge in [0.1, 0.15) is 5.56 Å². The van der Waals surface area contributed by atoms with Crippen LogP contribution in [0.5, 0.6) is 0 Å². The SMILES string of the molecule is CCNC(=O)c1cnc(N2CCN(c3ccc(C)c(C)c3)CC2)[nH]c1=O. The number of rotatable bonds is 4. The highest BCUT2D eigenvalue weighted by atomic mass is 16.2. The third kappa shape index (κ3) is 3.71. The molecule has 1 aliphatic rings. The largest absolute Gasteiger partial charge is 0.368 e. The van der Waals surface area contributed by atoms with Crippen molar-refractivity contribution in [3.8, 4) is 0 Å². The van der Waals surface area contributed by atoms with Gasteiger partial charge in [0.15, 0.2) is 0 Å². The van der Waals surface area contributed by atoms with E-state index in [1.54, 1.807) is 0 Å². The molecule has 1 amide bonds. The molecule has 0 radical (unpaired) electrons. The van der Waals surface area contributed by atoms with Gasteiger partial charge < -0.3 is 15.1 Å². The number of carbonyl (C=O) groups is 1. The molecule has 2 N–H and O–H groups in total. The average molecular weight is 355 g/mol. The fraction of sp³-hybridized carbons (Fsp3) is 0.421. The number of benzene rings is 1. The Labute approximate surface area is 153 Å². The summed E-state index contributed by atoms with van der Waals surface area (Å²) in [5.74, 6) is 0.121. The second-order valence-corrected chi connectivity index (χ2v) is 6.55. The van der Waals surface area contributed by atoms with E-state index in [9.17, 15) is 9.59 Å². The van der Waals surface area contributed by atoms with Crippen LogP contribution in [0.3, 0.4) is 0 Å². The Morgan fingerprint density at radius 2 is 1.85 bits per heavy atom. The van der Waals surface area contributed by atoms with Crippen LogP contribution >= 0.6 is 0 Å². The summed E-state index contributed by atoms with van der Waals surface area (Å²) in [6, 6.07) is 6.52. The molecule has 0 aliphatic carbocycles. The lowest BCUT2D eigenvalue weighted by molar-refractivity contribution is 0.0954. The predicted octanol–water partition coefficient (Wildman–Crippen LogP) is 1.46. The molecule has 0 saturated carbocycles. The van der Waals surface area contributed by atoms with Gasteiger partial charge in [0.05, 0.1) is 0 Å². The molecular weight excluding hydrogens is 330 g/mol. The monoisotopic (exact) mass is 355 g/mol. The number of H-pyrrole nitrogens is 1. The van der Waals surface area contributed by atoms with Gasteiger partial charge in [-0.25, -0.2) is 4.98 Å². The molecule has 1 aromatic carbocycles. The molecule has 138 valence electrons. The number of aryl methyl sites for hydroxylation is 2. The van der Waals surface area contributed by atoms with Crippen molar-refractivity contribution < 1.29 is 4.79 Å². The van der Waals surface area contributed by atoms with E-state index in [0.717, 1.165) is 26.2 Å². The number of aromatic amines is 1. The minimum absolute atomic E-state index is 0.0457. The van der Waals surface area contributed by atoms with Gasteiger partial charge >= 0.3 is 0 Å². The van der Waals surface area contributed by atoms with Crippen LogP contribution in [0.1, 0.15) is 28.4 Å². The maximum atomic E-state index is 12.2. The van der Waals surface area contributed by atoms with Gasteiger partial charge in [0.2, 0.25) is 5.95 Å². The van der Waals surface area contributed by atoms with Crippen molar-refractivity contribution in [2.24, 2.45) is 0 Å². The van der Waals surface area contributed by atoms with Crippen molar-refractivity contribution >= 4 is 17.5 Å². The first-order valence-corrected chi connectivity index (χ1v) is 8.94. The number of nitrogens with zero attached hydrogens (tertiary/aromatic N) is 3. The summed E-state index contributed by atoms with van der Waals surface area (Å²) in [6.07, 6.45) is 1.36. The lowest BCUT2D eigenvalue weighted by atomic mass is 10.1. The normalized spacial score (nSPS) is 14.4. The van der Waals surface area contributed by atoms with Crippen molar-refractivity contribution in [3.05, 3.63) is 51.4 Å². The van der Waals surface area contributed by atoms with E-state index in [-0.39, 0.29) is 5.56 Å². The molecule has 1 aromatic heterocycles. The molecule has 0 bridgehead atoms. The number of piperazine rings is 1. The molecule has 0 atom stereocenters. The van der Waals surface area contributed by atoms with Crippen molar-refractivity contribution in [3.63, 3.8) is 0 Å². The average Bonchev–Trinajstić information content (AvgIpc) is 2.64. The first-order valence-electron chi connectivity index (χ1n) is 8.94. The predicted molar refractivity (Wildman–Crippen MR) is 103 cm³/mol. The highest BCUT2D eigenvalue weighted by Gasteiger charge is 2.20. The van der Waals surface area contributed by atoms with Gasteiger partial charge in [-0.05, 0) is 44.0 Å². The Hall–Kier alpha value is -2.83. The van der Waals surface area contributed by atoms with E-state index in [1.807, 2.05) is 11.8 Å². The second kappa shape index (κ2) is 7.59. The zero-order valence-corrected chi connectivity index (χ0v) is 15.5. The first-order chi connectivity index (χ1) is 12.5. The second-order valence-electron chi connectivity index (χ2n) is 6.55. The fourth-order valence-corrected chi connectivity index (χ4v) is 3.06. The standard InChI is InChI=1S/C19H25N5O2/c1-4-20-17(25)16-12-21-19(22-18(16)26)24-9-7-23(8-10-24)15-6-5-13(2)14(3)11-15/h5-6,11-12H,4,7-10H2,1-3H3,(H,20,25)(H,21,22,26). The fourth-order valence-electron chi connectivity index (χ4n) is 3.06. The summed E-state index contributed by atoms with van der Waals surface area (Å²) < 4.78 is 0. The maximum absolute atomic E-state index is 12.2. The first kappa shape index (κ1) is 18.0. The van der Waals surface area contributed by atoms with Crippen molar-refractivity contribution in [2.45, 2.75) is 20.8 Å². The van der Waals surface area contributed by atoms with Crippen LogP contribution < -0.4 is 20.7 Å². The van der Waals surface area contributed by atoms with Crippen molar-refractivity contribution in [1.82, 2.24) is 15.3 Å². The minimum atomic E-state index is -0.405. The van der Waals surface area contributed by atoms with Gasteiger partial charge in [0.25, 0.3) is 11.5 Å². The summed E-state index contributed by atoms with van der Waals surface area (Å²) in [4.78, 5) is 35.4. The van der Waals surface area contributed by atoms with Crippen LogP contribution in [0, 0.1) is 13.8 Å². The van der Waals surface area contributed by atoms with Gasteiger partial charge in [-0.3, -0.25) is 14.6 Å².